The van der Waals surface area contributed by atoms with Gasteiger partial charge in [0.1, 0.15) is 18.1 Å². The number of carboxylic acids is 1. The van der Waals surface area contributed by atoms with Gasteiger partial charge >= 0.3 is 5.97 Å². The number of rotatable bonds is 10. The third kappa shape index (κ3) is 5.31. The molecule has 3 N–H and O–H groups in total. The summed E-state index contributed by atoms with van der Waals surface area (Å²) in [5.74, 6) is 0.141. The van der Waals surface area contributed by atoms with Crippen molar-refractivity contribution in [3.05, 3.63) is 89.6 Å². The summed E-state index contributed by atoms with van der Waals surface area (Å²) in [6.07, 6.45) is 1.57. The van der Waals surface area contributed by atoms with Crippen LogP contribution < -0.4 is 15.2 Å². The van der Waals surface area contributed by atoms with Gasteiger partial charge in [0.05, 0.1) is 17.5 Å². The largest absolute Gasteiger partial charge is 0.497 e. The van der Waals surface area contributed by atoms with Gasteiger partial charge < -0.3 is 20.3 Å². The van der Waals surface area contributed by atoms with Crippen molar-refractivity contribution in [2.75, 3.05) is 7.11 Å². The van der Waals surface area contributed by atoms with E-state index < -0.39 is 16.0 Å². The normalized spacial score (nSPS) is 11.5. The Bertz CT molecular complexity index is 1440. The summed E-state index contributed by atoms with van der Waals surface area (Å²) < 4.78 is 39.2. The predicted octanol–water partition coefficient (Wildman–Crippen LogP) is 3.94. The molecule has 0 saturated heterocycles. The van der Waals surface area contributed by atoms with E-state index in [9.17, 15) is 13.2 Å². The van der Waals surface area contributed by atoms with Gasteiger partial charge in [0.2, 0.25) is 0 Å². The zero-order valence-electron chi connectivity index (χ0n) is 19.2. The summed E-state index contributed by atoms with van der Waals surface area (Å²) in [6.45, 7) is 0.816. The fraction of sp³-hybridized carbons (Fsp3) is 0.192. The van der Waals surface area contributed by atoms with Crippen LogP contribution in [0, 0.1) is 0 Å². The van der Waals surface area contributed by atoms with Crippen molar-refractivity contribution in [2.45, 2.75) is 30.9 Å². The van der Waals surface area contributed by atoms with Crippen LogP contribution in [-0.4, -0.2) is 30.6 Å². The highest BCUT2D eigenvalue weighted by atomic mass is 32.2. The molecule has 9 heteroatoms. The van der Waals surface area contributed by atoms with Gasteiger partial charge in [-0.05, 0) is 65.6 Å². The molecule has 0 aliphatic heterocycles. The monoisotopic (exact) mass is 494 g/mol. The molecule has 4 rings (SSSR count). The van der Waals surface area contributed by atoms with E-state index in [4.69, 9.17) is 20.3 Å². The first-order valence-electron chi connectivity index (χ1n) is 11.0. The van der Waals surface area contributed by atoms with Gasteiger partial charge in [-0.1, -0.05) is 24.3 Å². The second kappa shape index (κ2) is 10.2. The van der Waals surface area contributed by atoms with Crippen LogP contribution in [0.15, 0.2) is 77.8 Å². The lowest BCUT2D eigenvalue weighted by Gasteiger charge is -2.10. The first-order chi connectivity index (χ1) is 16.8. The zero-order chi connectivity index (χ0) is 25.0. The van der Waals surface area contributed by atoms with Crippen molar-refractivity contribution < 1.29 is 27.8 Å². The molecule has 0 aliphatic rings. The molecule has 0 saturated carbocycles. The molecular weight excluding hydrogens is 468 g/mol. The molecule has 3 aromatic carbocycles. The predicted molar refractivity (Wildman–Crippen MR) is 132 cm³/mol. The molecular formula is C26H26N2O6S. The molecule has 8 nitrogen and oxygen atoms in total. The number of ether oxygens (including phenoxy) is 2. The molecule has 0 aliphatic carbocycles. The molecule has 1 aromatic heterocycles. The number of fused-ring (bicyclic) bond motifs is 1. The third-order valence-corrected chi connectivity index (χ3v) is 7.40. The van der Waals surface area contributed by atoms with Crippen molar-refractivity contribution in [3.63, 3.8) is 0 Å². The highest BCUT2D eigenvalue weighted by Gasteiger charge is 2.22. The molecule has 0 atom stereocenters. The van der Waals surface area contributed by atoms with Gasteiger partial charge in [-0.15, -0.1) is 0 Å². The average molecular weight is 495 g/mol. The van der Waals surface area contributed by atoms with Gasteiger partial charge in [-0.3, -0.25) is 4.79 Å². The Morgan fingerprint density at radius 3 is 2.26 bits per heavy atom. The minimum Gasteiger partial charge on any atom is -0.497 e. The van der Waals surface area contributed by atoms with Crippen LogP contribution in [-0.2, 0) is 34.4 Å². The average Bonchev–Trinajstić information content (AvgIpc) is 3.25. The van der Waals surface area contributed by atoms with Crippen molar-refractivity contribution in [3.8, 4) is 11.5 Å². The molecule has 0 bridgehead atoms. The molecule has 1 heterocycles. The van der Waals surface area contributed by atoms with E-state index >= 15 is 0 Å². The van der Waals surface area contributed by atoms with Crippen molar-refractivity contribution >= 4 is 26.9 Å². The summed E-state index contributed by atoms with van der Waals surface area (Å²) in [6, 6.07) is 19.0. The second-order valence-electron chi connectivity index (χ2n) is 8.01. The maximum Gasteiger partial charge on any atom is 0.303 e. The first kappa shape index (κ1) is 24.3. The van der Waals surface area contributed by atoms with Crippen LogP contribution in [0.25, 0.3) is 10.9 Å². The number of nitrogens with zero attached hydrogens (tertiary/aromatic N) is 1. The molecule has 0 spiro atoms. The molecule has 0 amide bonds. The number of benzene rings is 3. The highest BCUT2D eigenvalue weighted by Crippen LogP contribution is 2.30. The van der Waals surface area contributed by atoms with Crippen molar-refractivity contribution in [2.24, 2.45) is 5.73 Å². The molecule has 0 unspecified atom stereocenters. The molecule has 182 valence electrons. The number of aliphatic carboxylic acids is 1. The number of carbonyl (C=O) groups is 1. The van der Waals surface area contributed by atoms with E-state index in [-0.39, 0.29) is 17.7 Å². The lowest BCUT2D eigenvalue weighted by Crippen LogP contribution is -2.12. The van der Waals surface area contributed by atoms with E-state index in [1.165, 1.54) is 29.4 Å². The lowest BCUT2D eigenvalue weighted by molar-refractivity contribution is -0.136. The SMILES string of the molecule is COc1ccc2c(c1)c(CCC(=O)O)cn2S(=O)(=O)c1ccc(OCc2ccc(CN)cc2)cc1. The summed E-state index contributed by atoms with van der Waals surface area (Å²) in [7, 11) is -2.41. The van der Waals surface area contributed by atoms with Gasteiger partial charge in [-0.2, -0.15) is 0 Å². The lowest BCUT2D eigenvalue weighted by atomic mass is 10.1. The van der Waals surface area contributed by atoms with E-state index in [1.807, 2.05) is 24.3 Å². The Balaban J connectivity index is 1.59. The van der Waals surface area contributed by atoms with Gasteiger partial charge in [0.25, 0.3) is 10.0 Å². The van der Waals surface area contributed by atoms with E-state index in [0.29, 0.717) is 41.1 Å². The number of carboxylic acid groups (broad SMARTS) is 1. The van der Waals surface area contributed by atoms with Crippen LogP contribution >= 0.6 is 0 Å². The quantitative estimate of drug-likeness (QED) is 0.342. The van der Waals surface area contributed by atoms with Crippen LogP contribution in [0.2, 0.25) is 0 Å². The number of aromatic nitrogens is 1. The van der Waals surface area contributed by atoms with Crippen molar-refractivity contribution in [1.29, 1.82) is 0 Å². The third-order valence-electron chi connectivity index (χ3n) is 5.71. The number of hydrogen-bond donors (Lipinski definition) is 2. The Hall–Kier alpha value is -3.82. The topological polar surface area (TPSA) is 121 Å². The number of aryl methyl sites for hydroxylation is 1. The van der Waals surface area contributed by atoms with Crippen LogP contribution in [0.4, 0.5) is 0 Å². The Morgan fingerprint density at radius 2 is 1.63 bits per heavy atom. The summed E-state index contributed by atoms with van der Waals surface area (Å²) in [5.41, 5.74) is 8.69. The molecule has 35 heavy (non-hydrogen) atoms. The van der Waals surface area contributed by atoms with Gasteiger partial charge in [-0.25, -0.2) is 12.4 Å². The maximum absolute atomic E-state index is 13.5. The Labute approximate surface area is 203 Å². The fourth-order valence-electron chi connectivity index (χ4n) is 3.77. The van der Waals surface area contributed by atoms with Crippen LogP contribution in [0.5, 0.6) is 11.5 Å². The van der Waals surface area contributed by atoms with E-state index in [0.717, 1.165) is 11.1 Å². The highest BCUT2D eigenvalue weighted by molar-refractivity contribution is 7.90. The molecule has 4 aromatic rings. The van der Waals surface area contributed by atoms with Gasteiger partial charge in [0, 0.05) is 24.5 Å². The molecule has 0 radical (unpaired) electrons. The van der Waals surface area contributed by atoms with E-state index in [2.05, 4.69) is 0 Å². The maximum atomic E-state index is 13.5. The Kier molecular flexibility index (Phi) is 7.09. The van der Waals surface area contributed by atoms with Crippen molar-refractivity contribution in [1.82, 2.24) is 3.97 Å². The number of nitrogens with two attached hydrogens (primary N) is 1. The van der Waals surface area contributed by atoms with Crippen LogP contribution in [0.1, 0.15) is 23.1 Å². The minimum absolute atomic E-state index is 0.0923. The molecule has 0 fully saturated rings. The summed E-state index contributed by atoms with van der Waals surface area (Å²) >= 11 is 0. The second-order valence-corrected chi connectivity index (χ2v) is 9.83. The van der Waals surface area contributed by atoms with Crippen LogP contribution in [0.3, 0.4) is 0 Å². The standard InChI is InChI=1S/C26H26N2O6S/c1-33-22-9-12-25-24(14-22)20(6-13-26(29)30)16-28(25)35(31,32)23-10-7-21(8-11-23)34-17-19-4-2-18(15-27)3-5-19/h2-5,7-12,14,16H,6,13,15,17,27H2,1H3,(H,29,30). The van der Waals surface area contributed by atoms with E-state index in [1.54, 1.807) is 30.3 Å². The summed E-state index contributed by atoms with van der Waals surface area (Å²) in [5, 5.41) is 9.73. The fourth-order valence-corrected chi connectivity index (χ4v) is 5.16. The smallest absolute Gasteiger partial charge is 0.303 e. The zero-order valence-corrected chi connectivity index (χ0v) is 20.0. The number of hydrogen-bond acceptors (Lipinski definition) is 6. The summed E-state index contributed by atoms with van der Waals surface area (Å²) in [4.78, 5) is 11.2. The Morgan fingerprint density at radius 1 is 0.971 bits per heavy atom. The minimum atomic E-state index is -3.93. The van der Waals surface area contributed by atoms with Gasteiger partial charge in [0.15, 0.2) is 0 Å². The first-order valence-corrected chi connectivity index (χ1v) is 12.4. The number of methoxy groups -OCH3 is 1.